The summed E-state index contributed by atoms with van der Waals surface area (Å²) in [6.07, 6.45) is 0.981. The number of aryl methyl sites for hydroxylation is 1. The summed E-state index contributed by atoms with van der Waals surface area (Å²) in [5.74, 6) is 0.593. The number of nitrogens with two attached hydrogens (primary N) is 1. The summed E-state index contributed by atoms with van der Waals surface area (Å²) in [4.78, 5) is 10.4. The zero-order chi connectivity index (χ0) is 13.1. The Morgan fingerprint density at radius 2 is 2.06 bits per heavy atom. The molecule has 0 aliphatic carbocycles. The first-order valence-corrected chi connectivity index (χ1v) is 7.04. The van der Waals surface area contributed by atoms with Gasteiger partial charge in [-0.2, -0.15) is 0 Å². The minimum Gasteiger partial charge on any atom is -0.326 e. The van der Waals surface area contributed by atoms with E-state index in [0.717, 1.165) is 28.5 Å². The van der Waals surface area contributed by atoms with Crippen molar-refractivity contribution < 1.29 is 0 Å². The van der Waals surface area contributed by atoms with E-state index in [2.05, 4.69) is 18.8 Å². The fraction of sp³-hybridized carbons (Fsp3) is 0.429. The largest absolute Gasteiger partial charge is 0.326 e. The summed E-state index contributed by atoms with van der Waals surface area (Å²) in [6.45, 7) is 6.95. The molecule has 3 nitrogen and oxygen atoms in total. The van der Waals surface area contributed by atoms with Gasteiger partial charge in [0.15, 0.2) is 0 Å². The lowest BCUT2D eigenvalue weighted by molar-refractivity contribution is 0.634. The predicted octanol–water partition coefficient (Wildman–Crippen LogP) is 3.17. The van der Waals surface area contributed by atoms with Gasteiger partial charge in [0, 0.05) is 17.1 Å². The number of pyridine rings is 1. The number of thiazole rings is 1. The van der Waals surface area contributed by atoms with Crippen molar-refractivity contribution in [2.45, 2.75) is 33.7 Å². The van der Waals surface area contributed by atoms with E-state index >= 15 is 0 Å². The molecule has 0 atom stereocenters. The minimum atomic E-state index is 0.561. The third-order valence-electron chi connectivity index (χ3n) is 2.67. The zero-order valence-corrected chi connectivity index (χ0v) is 11.9. The van der Waals surface area contributed by atoms with Gasteiger partial charge < -0.3 is 5.73 Å². The SMILES string of the molecule is Cc1cccc(-c2nc(CC(C)C)c(CN)s2)n1. The third kappa shape index (κ3) is 2.94. The molecule has 0 radical (unpaired) electrons. The molecule has 2 rings (SSSR count). The van der Waals surface area contributed by atoms with Crippen LogP contribution in [0.4, 0.5) is 0 Å². The van der Waals surface area contributed by atoms with Gasteiger partial charge in [0.1, 0.15) is 5.01 Å². The second-order valence-electron chi connectivity index (χ2n) is 4.86. The van der Waals surface area contributed by atoms with Gasteiger partial charge in [-0.05, 0) is 31.4 Å². The van der Waals surface area contributed by atoms with Gasteiger partial charge in [-0.1, -0.05) is 19.9 Å². The van der Waals surface area contributed by atoms with Crippen LogP contribution in [0, 0.1) is 12.8 Å². The van der Waals surface area contributed by atoms with Crippen molar-refractivity contribution >= 4 is 11.3 Å². The summed E-state index contributed by atoms with van der Waals surface area (Å²) in [5.41, 5.74) is 8.90. The highest BCUT2D eigenvalue weighted by Gasteiger charge is 2.13. The molecule has 4 heteroatoms. The molecule has 2 heterocycles. The van der Waals surface area contributed by atoms with E-state index in [0.29, 0.717) is 12.5 Å². The van der Waals surface area contributed by atoms with Gasteiger partial charge in [0.05, 0.1) is 11.4 Å². The van der Waals surface area contributed by atoms with Crippen molar-refractivity contribution in [2.24, 2.45) is 11.7 Å². The van der Waals surface area contributed by atoms with Crippen molar-refractivity contribution in [1.82, 2.24) is 9.97 Å². The Balaban J connectivity index is 2.37. The summed E-state index contributed by atoms with van der Waals surface area (Å²) in [6, 6.07) is 6.02. The first-order chi connectivity index (χ1) is 8.60. The second kappa shape index (κ2) is 5.59. The Labute approximate surface area is 112 Å². The molecule has 2 aromatic heterocycles. The summed E-state index contributed by atoms with van der Waals surface area (Å²) in [7, 11) is 0. The highest BCUT2D eigenvalue weighted by atomic mass is 32.1. The highest BCUT2D eigenvalue weighted by Crippen LogP contribution is 2.28. The van der Waals surface area contributed by atoms with Crippen LogP contribution in [0.2, 0.25) is 0 Å². The minimum absolute atomic E-state index is 0.561. The average Bonchev–Trinajstić information content (AvgIpc) is 2.71. The van der Waals surface area contributed by atoms with E-state index in [1.807, 2.05) is 25.1 Å². The predicted molar refractivity (Wildman–Crippen MR) is 76.5 cm³/mol. The highest BCUT2D eigenvalue weighted by molar-refractivity contribution is 7.15. The quantitative estimate of drug-likeness (QED) is 0.919. The van der Waals surface area contributed by atoms with Crippen LogP contribution in [0.1, 0.15) is 30.1 Å². The van der Waals surface area contributed by atoms with Gasteiger partial charge in [-0.15, -0.1) is 11.3 Å². The van der Waals surface area contributed by atoms with Crippen molar-refractivity contribution in [2.75, 3.05) is 0 Å². The van der Waals surface area contributed by atoms with Crippen molar-refractivity contribution in [3.63, 3.8) is 0 Å². The molecule has 0 saturated carbocycles. The Bertz CT molecular complexity index is 532. The van der Waals surface area contributed by atoms with Gasteiger partial charge in [0.25, 0.3) is 0 Å². The number of rotatable bonds is 4. The fourth-order valence-corrected chi connectivity index (χ4v) is 2.80. The Kier molecular flexibility index (Phi) is 4.09. The van der Waals surface area contributed by atoms with E-state index in [-0.39, 0.29) is 0 Å². The molecular weight excluding hydrogens is 242 g/mol. The molecule has 0 aliphatic heterocycles. The van der Waals surface area contributed by atoms with E-state index in [4.69, 9.17) is 10.7 Å². The molecule has 2 N–H and O–H groups in total. The molecular formula is C14H19N3S. The lowest BCUT2D eigenvalue weighted by atomic mass is 10.1. The molecule has 0 aliphatic rings. The van der Waals surface area contributed by atoms with Crippen molar-refractivity contribution in [3.05, 3.63) is 34.5 Å². The Morgan fingerprint density at radius 1 is 1.28 bits per heavy atom. The van der Waals surface area contributed by atoms with Crippen LogP contribution >= 0.6 is 11.3 Å². The topological polar surface area (TPSA) is 51.8 Å². The normalized spacial score (nSPS) is 11.2. The summed E-state index contributed by atoms with van der Waals surface area (Å²) < 4.78 is 0. The molecule has 0 unspecified atom stereocenters. The standard InChI is InChI=1S/C14H19N3S/c1-9(2)7-12-13(8-15)18-14(17-12)11-6-4-5-10(3)16-11/h4-6,9H,7-8,15H2,1-3H3. The van der Waals surface area contributed by atoms with Crippen molar-refractivity contribution in [3.8, 4) is 10.7 Å². The van der Waals surface area contributed by atoms with Crippen LogP contribution in [0.15, 0.2) is 18.2 Å². The van der Waals surface area contributed by atoms with E-state index in [9.17, 15) is 0 Å². The number of hydrogen-bond acceptors (Lipinski definition) is 4. The fourth-order valence-electron chi connectivity index (χ4n) is 1.86. The first-order valence-electron chi connectivity index (χ1n) is 6.22. The number of nitrogens with zero attached hydrogens (tertiary/aromatic N) is 2. The van der Waals surface area contributed by atoms with Crippen LogP contribution in [0.5, 0.6) is 0 Å². The van der Waals surface area contributed by atoms with Crippen LogP contribution in [-0.2, 0) is 13.0 Å². The third-order valence-corrected chi connectivity index (χ3v) is 3.82. The summed E-state index contributed by atoms with van der Waals surface area (Å²) in [5, 5.41) is 0.981. The first kappa shape index (κ1) is 13.2. The maximum absolute atomic E-state index is 5.80. The number of aromatic nitrogens is 2. The lowest BCUT2D eigenvalue weighted by Gasteiger charge is -2.02. The molecule has 2 aromatic rings. The maximum atomic E-state index is 5.80. The summed E-state index contributed by atoms with van der Waals surface area (Å²) >= 11 is 1.66. The van der Waals surface area contributed by atoms with Gasteiger partial charge in [-0.25, -0.2) is 4.98 Å². The molecule has 0 bridgehead atoms. The van der Waals surface area contributed by atoms with Crippen LogP contribution in [0.3, 0.4) is 0 Å². The smallest absolute Gasteiger partial charge is 0.142 e. The zero-order valence-electron chi connectivity index (χ0n) is 11.1. The Hall–Kier alpha value is -1.26. The van der Waals surface area contributed by atoms with E-state index in [1.165, 1.54) is 4.88 Å². The molecule has 96 valence electrons. The van der Waals surface area contributed by atoms with E-state index < -0.39 is 0 Å². The molecule has 18 heavy (non-hydrogen) atoms. The van der Waals surface area contributed by atoms with Crippen LogP contribution in [-0.4, -0.2) is 9.97 Å². The van der Waals surface area contributed by atoms with Gasteiger partial charge in [-0.3, -0.25) is 4.98 Å². The monoisotopic (exact) mass is 261 g/mol. The Morgan fingerprint density at radius 3 is 2.67 bits per heavy atom. The average molecular weight is 261 g/mol. The molecule has 0 amide bonds. The molecule has 0 aromatic carbocycles. The maximum Gasteiger partial charge on any atom is 0.142 e. The molecule has 0 fully saturated rings. The van der Waals surface area contributed by atoms with Gasteiger partial charge in [0.2, 0.25) is 0 Å². The lowest BCUT2D eigenvalue weighted by Crippen LogP contribution is -2.02. The molecule has 0 saturated heterocycles. The molecule has 0 spiro atoms. The second-order valence-corrected chi connectivity index (χ2v) is 5.94. The van der Waals surface area contributed by atoms with Crippen LogP contribution < -0.4 is 5.73 Å². The van der Waals surface area contributed by atoms with Crippen LogP contribution in [0.25, 0.3) is 10.7 Å². The number of hydrogen-bond donors (Lipinski definition) is 1. The van der Waals surface area contributed by atoms with E-state index in [1.54, 1.807) is 11.3 Å². The van der Waals surface area contributed by atoms with Crippen molar-refractivity contribution in [1.29, 1.82) is 0 Å². The van der Waals surface area contributed by atoms with Gasteiger partial charge >= 0.3 is 0 Å².